The van der Waals surface area contributed by atoms with E-state index < -0.39 is 24.1 Å². The van der Waals surface area contributed by atoms with Crippen LogP contribution >= 0.6 is 0 Å². The normalized spacial score (nSPS) is 12.5. The monoisotopic (exact) mass is 488 g/mol. The Balaban J connectivity index is 1.58. The number of ether oxygens (including phenoxy) is 4. The predicted molar refractivity (Wildman–Crippen MR) is 130 cm³/mol. The number of hydrogen-bond acceptors (Lipinski definition) is 8. The first-order valence-electron chi connectivity index (χ1n) is 12.1. The minimum Gasteiger partial charge on any atom is -0.494 e. The van der Waals surface area contributed by atoms with Gasteiger partial charge in [0.1, 0.15) is 11.5 Å². The van der Waals surface area contributed by atoms with E-state index in [0.29, 0.717) is 13.2 Å². The van der Waals surface area contributed by atoms with Crippen LogP contribution in [0, 0.1) is 0 Å². The summed E-state index contributed by atoms with van der Waals surface area (Å²) in [5.74, 6) is 0.256. The molecule has 2 atom stereocenters. The number of esters is 2. The summed E-state index contributed by atoms with van der Waals surface area (Å²) in [4.78, 5) is 23.0. The third-order valence-electron chi connectivity index (χ3n) is 5.15. The summed E-state index contributed by atoms with van der Waals surface area (Å²) in [7, 11) is 0. The van der Waals surface area contributed by atoms with Crippen molar-refractivity contribution in [3.05, 3.63) is 59.7 Å². The van der Waals surface area contributed by atoms with Gasteiger partial charge in [0.05, 0.1) is 26.4 Å². The highest BCUT2D eigenvalue weighted by molar-refractivity contribution is 5.75. The predicted octanol–water partition coefficient (Wildman–Crippen LogP) is 3.25. The number of aliphatic hydroxyl groups excluding tert-OH is 2. The Morgan fingerprint density at radius 2 is 1.03 bits per heavy atom. The number of rotatable bonds is 16. The second-order valence-electron chi connectivity index (χ2n) is 7.99. The van der Waals surface area contributed by atoms with Gasteiger partial charge >= 0.3 is 11.9 Å². The SMILES string of the molecule is CCOC(=O)C(O)Cc1ccc(OCCCCCOc2ccc(CC(O)C(=O)OCC)cc2)cc1. The van der Waals surface area contributed by atoms with Crippen LogP contribution in [0.1, 0.15) is 44.2 Å². The summed E-state index contributed by atoms with van der Waals surface area (Å²) in [6.45, 7) is 5.06. The van der Waals surface area contributed by atoms with Crippen molar-refractivity contribution in [2.24, 2.45) is 0 Å². The molecule has 0 amide bonds. The molecule has 8 heteroatoms. The van der Waals surface area contributed by atoms with E-state index in [0.717, 1.165) is 41.9 Å². The van der Waals surface area contributed by atoms with E-state index in [4.69, 9.17) is 18.9 Å². The molecule has 8 nitrogen and oxygen atoms in total. The van der Waals surface area contributed by atoms with E-state index in [9.17, 15) is 19.8 Å². The molecule has 0 bridgehead atoms. The lowest BCUT2D eigenvalue weighted by atomic mass is 10.1. The molecular formula is C27H36O8. The summed E-state index contributed by atoms with van der Waals surface area (Å²) in [5.41, 5.74) is 1.66. The lowest BCUT2D eigenvalue weighted by Crippen LogP contribution is -2.25. The van der Waals surface area contributed by atoms with Gasteiger partial charge in [-0.1, -0.05) is 24.3 Å². The second kappa shape index (κ2) is 15.7. The molecule has 0 fully saturated rings. The lowest BCUT2D eigenvalue weighted by molar-refractivity contribution is -0.153. The molecule has 0 heterocycles. The molecule has 0 aliphatic rings. The van der Waals surface area contributed by atoms with E-state index in [-0.39, 0.29) is 26.1 Å². The Morgan fingerprint density at radius 3 is 1.37 bits per heavy atom. The second-order valence-corrected chi connectivity index (χ2v) is 7.99. The van der Waals surface area contributed by atoms with E-state index in [1.807, 2.05) is 48.5 Å². The number of carbonyl (C=O) groups excluding carboxylic acids is 2. The molecule has 0 saturated carbocycles. The molecule has 192 valence electrons. The average Bonchev–Trinajstić information content (AvgIpc) is 2.85. The number of unbranched alkanes of at least 4 members (excludes halogenated alkanes) is 2. The van der Waals surface area contributed by atoms with Crippen LogP contribution in [0.15, 0.2) is 48.5 Å². The Labute approximate surface area is 206 Å². The van der Waals surface area contributed by atoms with Gasteiger partial charge in [-0.15, -0.1) is 0 Å². The fourth-order valence-electron chi connectivity index (χ4n) is 3.29. The zero-order valence-corrected chi connectivity index (χ0v) is 20.5. The molecule has 0 saturated heterocycles. The first-order chi connectivity index (χ1) is 16.9. The van der Waals surface area contributed by atoms with Gasteiger partial charge < -0.3 is 29.2 Å². The van der Waals surface area contributed by atoms with Gasteiger partial charge in [-0.3, -0.25) is 0 Å². The third kappa shape index (κ3) is 10.8. The summed E-state index contributed by atoms with van der Waals surface area (Å²) in [5, 5.41) is 19.7. The van der Waals surface area contributed by atoms with Crippen LogP contribution in [0.2, 0.25) is 0 Å². The minimum absolute atomic E-state index is 0.206. The molecule has 0 aliphatic heterocycles. The van der Waals surface area contributed by atoms with Gasteiger partial charge in [-0.25, -0.2) is 9.59 Å². The first kappa shape index (κ1) is 28.1. The molecular weight excluding hydrogens is 452 g/mol. The Bertz CT molecular complexity index is 806. The summed E-state index contributed by atoms with van der Waals surface area (Å²) in [6, 6.07) is 14.6. The molecule has 35 heavy (non-hydrogen) atoms. The van der Waals surface area contributed by atoms with Crippen LogP contribution in [-0.4, -0.2) is 60.8 Å². The van der Waals surface area contributed by atoms with Crippen LogP contribution in [0.4, 0.5) is 0 Å². The van der Waals surface area contributed by atoms with Crippen LogP contribution in [0.25, 0.3) is 0 Å². The van der Waals surface area contributed by atoms with E-state index in [2.05, 4.69) is 0 Å². The molecule has 0 spiro atoms. The minimum atomic E-state index is -1.16. The maximum absolute atomic E-state index is 11.5. The maximum atomic E-state index is 11.5. The molecule has 2 N–H and O–H groups in total. The number of hydrogen-bond donors (Lipinski definition) is 2. The lowest BCUT2D eigenvalue weighted by Gasteiger charge is -2.11. The average molecular weight is 489 g/mol. The highest BCUT2D eigenvalue weighted by atomic mass is 16.5. The van der Waals surface area contributed by atoms with Crippen molar-refractivity contribution >= 4 is 11.9 Å². The standard InChI is InChI=1S/C27H36O8/c1-3-32-26(30)24(28)18-20-8-12-22(13-9-20)34-16-6-5-7-17-35-23-14-10-21(11-15-23)19-25(29)27(31)33-4-2/h8-15,24-25,28-29H,3-7,16-19H2,1-2H3. The number of benzene rings is 2. The van der Waals surface area contributed by atoms with E-state index >= 15 is 0 Å². The quantitative estimate of drug-likeness (QED) is 0.274. The smallest absolute Gasteiger partial charge is 0.335 e. The van der Waals surface area contributed by atoms with Crippen LogP contribution < -0.4 is 9.47 Å². The number of carbonyl (C=O) groups is 2. The fourth-order valence-corrected chi connectivity index (χ4v) is 3.29. The van der Waals surface area contributed by atoms with E-state index in [1.165, 1.54) is 0 Å². The molecule has 0 radical (unpaired) electrons. The van der Waals surface area contributed by atoms with Crippen molar-refractivity contribution in [2.75, 3.05) is 26.4 Å². The molecule has 0 aromatic heterocycles. The molecule has 2 aromatic carbocycles. The molecule has 2 rings (SSSR count). The largest absolute Gasteiger partial charge is 0.494 e. The van der Waals surface area contributed by atoms with Gasteiger partial charge in [-0.05, 0) is 68.5 Å². The highest BCUT2D eigenvalue weighted by Crippen LogP contribution is 2.16. The van der Waals surface area contributed by atoms with Crippen molar-refractivity contribution in [1.29, 1.82) is 0 Å². The van der Waals surface area contributed by atoms with Crippen molar-refractivity contribution in [3.8, 4) is 11.5 Å². The van der Waals surface area contributed by atoms with Gasteiger partial charge in [0.25, 0.3) is 0 Å². The van der Waals surface area contributed by atoms with Gasteiger partial charge in [0.2, 0.25) is 0 Å². The van der Waals surface area contributed by atoms with Crippen LogP contribution in [0.3, 0.4) is 0 Å². The van der Waals surface area contributed by atoms with E-state index in [1.54, 1.807) is 13.8 Å². The van der Waals surface area contributed by atoms with Gasteiger partial charge in [0, 0.05) is 12.8 Å². The molecule has 2 unspecified atom stereocenters. The zero-order chi connectivity index (χ0) is 25.5. The van der Waals surface area contributed by atoms with Gasteiger partial charge in [-0.2, -0.15) is 0 Å². The summed E-state index contributed by atoms with van der Waals surface area (Å²) >= 11 is 0. The maximum Gasteiger partial charge on any atom is 0.335 e. The van der Waals surface area contributed by atoms with Crippen molar-refractivity contribution < 1.29 is 38.7 Å². The number of aliphatic hydroxyl groups is 2. The highest BCUT2D eigenvalue weighted by Gasteiger charge is 2.17. The summed E-state index contributed by atoms with van der Waals surface area (Å²) in [6.07, 6.45) is 0.814. The van der Waals surface area contributed by atoms with Crippen LogP contribution in [0.5, 0.6) is 11.5 Å². The first-order valence-corrected chi connectivity index (χ1v) is 12.1. The fraction of sp³-hybridized carbons (Fsp3) is 0.481. The van der Waals surface area contributed by atoms with Crippen molar-refractivity contribution in [1.82, 2.24) is 0 Å². The Hall–Kier alpha value is -3.10. The summed E-state index contributed by atoms with van der Waals surface area (Å²) < 4.78 is 21.1. The Kier molecular flexibility index (Phi) is 12.7. The van der Waals surface area contributed by atoms with Crippen molar-refractivity contribution in [2.45, 2.75) is 58.2 Å². The molecule has 0 aliphatic carbocycles. The van der Waals surface area contributed by atoms with Crippen LogP contribution in [-0.2, 0) is 31.9 Å². The third-order valence-corrected chi connectivity index (χ3v) is 5.15. The van der Waals surface area contributed by atoms with Crippen molar-refractivity contribution in [3.63, 3.8) is 0 Å². The van der Waals surface area contributed by atoms with Gasteiger partial charge in [0.15, 0.2) is 12.2 Å². The topological polar surface area (TPSA) is 112 Å². The molecule has 2 aromatic rings. The Morgan fingerprint density at radius 1 is 0.657 bits per heavy atom. The zero-order valence-electron chi connectivity index (χ0n) is 20.5.